The Morgan fingerprint density at radius 2 is 2.17 bits per heavy atom. The molecule has 1 rings (SSSR count). The van der Waals surface area contributed by atoms with Gasteiger partial charge in [0.25, 0.3) is 0 Å². The first kappa shape index (κ1) is 15.2. The molecule has 3 nitrogen and oxygen atoms in total. The Morgan fingerprint density at radius 3 is 2.78 bits per heavy atom. The average Bonchev–Trinajstić information content (AvgIpc) is 2.33. The molecule has 0 aromatic carbocycles. The van der Waals surface area contributed by atoms with E-state index in [1.54, 1.807) is 18.1 Å². The maximum absolute atomic E-state index is 12.0. The Hall–Kier alpha value is -0.900. The van der Waals surface area contributed by atoms with Gasteiger partial charge in [0.05, 0.1) is 0 Å². The number of halogens is 1. The molecule has 100 valence electrons. The summed E-state index contributed by atoms with van der Waals surface area (Å²) < 4.78 is 0.937. The Balaban J connectivity index is 2.42. The molecule has 1 aromatic rings. The van der Waals surface area contributed by atoms with Crippen molar-refractivity contribution in [2.45, 2.75) is 39.5 Å². The van der Waals surface area contributed by atoms with E-state index < -0.39 is 0 Å². The Kier molecular flexibility index (Phi) is 6.33. The lowest BCUT2D eigenvalue weighted by molar-refractivity contribution is -0.118. The summed E-state index contributed by atoms with van der Waals surface area (Å²) in [5, 5.41) is 0. The molecular weight excluding hydrogens is 292 g/mol. The summed E-state index contributed by atoms with van der Waals surface area (Å²) in [6, 6.07) is 3.70. The highest BCUT2D eigenvalue weighted by Crippen LogP contribution is 2.17. The topological polar surface area (TPSA) is 33.2 Å². The van der Waals surface area contributed by atoms with E-state index in [4.69, 9.17) is 0 Å². The van der Waals surface area contributed by atoms with E-state index in [0.717, 1.165) is 17.3 Å². The number of hydrogen-bond donors (Lipinski definition) is 0. The second-order valence-corrected chi connectivity index (χ2v) is 5.84. The van der Waals surface area contributed by atoms with Crippen LogP contribution in [0.5, 0.6) is 0 Å². The first-order valence-corrected chi connectivity index (χ1v) is 7.18. The molecule has 0 radical (unpaired) electrons. The quantitative estimate of drug-likeness (QED) is 0.743. The van der Waals surface area contributed by atoms with Gasteiger partial charge in [-0.15, -0.1) is 0 Å². The van der Waals surface area contributed by atoms with Crippen molar-refractivity contribution in [1.29, 1.82) is 0 Å². The third-order valence-corrected chi connectivity index (χ3v) is 3.34. The van der Waals surface area contributed by atoms with Gasteiger partial charge in [-0.1, -0.05) is 42.6 Å². The van der Waals surface area contributed by atoms with Crippen molar-refractivity contribution in [2.24, 2.45) is 5.92 Å². The number of pyridine rings is 1. The van der Waals surface area contributed by atoms with Crippen LogP contribution in [0.2, 0.25) is 0 Å². The summed E-state index contributed by atoms with van der Waals surface area (Å²) in [5.74, 6) is 1.53. The van der Waals surface area contributed by atoms with Crippen LogP contribution in [0.4, 0.5) is 5.82 Å². The maximum Gasteiger partial charge on any atom is 0.227 e. The van der Waals surface area contributed by atoms with Crippen LogP contribution < -0.4 is 4.90 Å². The van der Waals surface area contributed by atoms with Gasteiger partial charge in [0.2, 0.25) is 5.91 Å². The normalized spacial score (nSPS) is 10.7. The van der Waals surface area contributed by atoms with Gasteiger partial charge >= 0.3 is 0 Å². The van der Waals surface area contributed by atoms with Gasteiger partial charge in [0, 0.05) is 24.1 Å². The number of carbonyl (C=O) groups excluding carboxylic acids is 1. The number of unbranched alkanes of at least 4 members (excludes halogenated alkanes) is 1. The van der Waals surface area contributed by atoms with Crippen LogP contribution in [0, 0.1) is 5.92 Å². The molecule has 0 fully saturated rings. The molecule has 1 aromatic heterocycles. The minimum Gasteiger partial charge on any atom is -0.300 e. The van der Waals surface area contributed by atoms with Gasteiger partial charge in [-0.05, 0) is 24.5 Å². The van der Waals surface area contributed by atoms with E-state index in [-0.39, 0.29) is 5.91 Å². The molecule has 0 atom stereocenters. The minimum atomic E-state index is 0.129. The van der Waals surface area contributed by atoms with Crippen LogP contribution >= 0.6 is 15.9 Å². The minimum absolute atomic E-state index is 0.129. The zero-order chi connectivity index (χ0) is 13.5. The Morgan fingerprint density at radius 1 is 1.44 bits per heavy atom. The van der Waals surface area contributed by atoms with Crippen LogP contribution in [-0.2, 0) is 4.79 Å². The number of carbonyl (C=O) groups is 1. The highest BCUT2D eigenvalue weighted by molar-refractivity contribution is 9.10. The SMILES string of the molecule is CC(C)CCCCC(=O)N(C)c1cc(Br)ccn1. The first-order chi connectivity index (χ1) is 8.50. The summed E-state index contributed by atoms with van der Waals surface area (Å²) in [6.45, 7) is 4.42. The second kappa shape index (κ2) is 7.52. The van der Waals surface area contributed by atoms with Gasteiger partial charge in [-0.25, -0.2) is 4.98 Å². The fraction of sp³-hybridized carbons (Fsp3) is 0.571. The molecule has 1 amide bonds. The summed E-state index contributed by atoms with van der Waals surface area (Å²) in [6.07, 6.45) is 5.55. The van der Waals surface area contributed by atoms with Crippen LogP contribution in [0.25, 0.3) is 0 Å². The number of aromatic nitrogens is 1. The molecule has 0 spiro atoms. The van der Waals surface area contributed by atoms with Crippen LogP contribution in [-0.4, -0.2) is 17.9 Å². The molecule has 18 heavy (non-hydrogen) atoms. The zero-order valence-corrected chi connectivity index (χ0v) is 12.9. The van der Waals surface area contributed by atoms with Crippen LogP contribution in [0.1, 0.15) is 39.5 Å². The largest absolute Gasteiger partial charge is 0.300 e. The van der Waals surface area contributed by atoms with Crippen molar-refractivity contribution in [3.8, 4) is 0 Å². The highest BCUT2D eigenvalue weighted by atomic mass is 79.9. The van der Waals surface area contributed by atoms with Gasteiger partial charge in [-0.3, -0.25) is 9.69 Å². The number of anilines is 1. The average molecular weight is 313 g/mol. The fourth-order valence-electron chi connectivity index (χ4n) is 1.70. The molecule has 0 unspecified atom stereocenters. The number of rotatable bonds is 6. The standard InChI is InChI=1S/C14H21BrN2O/c1-11(2)6-4-5-7-14(18)17(3)13-10-12(15)8-9-16-13/h8-11H,4-7H2,1-3H3. The van der Waals surface area contributed by atoms with Crippen LogP contribution in [0.3, 0.4) is 0 Å². The Labute approximate surface area is 118 Å². The van der Waals surface area contributed by atoms with E-state index in [1.807, 2.05) is 12.1 Å². The van der Waals surface area contributed by atoms with E-state index in [1.165, 1.54) is 6.42 Å². The summed E-state index contributed by atoms with van der Waals surface area (Å²) >= 11 is 3.38. The summed E-state index contributed by atoms with van der Waals surface area (Å²) in [4.78, 5) is 17.8. The molecule has 0 saturated carbocycles. The fourth-order valence-corrected chi connectivity index (χ4v) is 2.02. The van der Waals surface area contributed by atoms with Gasteiger partial charge in [-0.2, -0.15) is 0 Å². The Bertz CT molecular complexity index is 393. The molecule has 4 heteroatoms. The van der Waals surface area contributed by atoms with Crippen molar-refractivity contribution in [2.75, 3.05) is 11.9 Å². The van der Waals surface area contributed by atoms with Crippen molar-refractivity contribution < 1.29 is 4.79 Å². The molecule has 0 aliphatic rings. The van der Waals surface area contributed by atoms with Crippen LogP contribution in [0.15, 0.2) is 22.8 Å². The van der Waals surface area contributed by atoms with Crippen molar-refractivity contribution in [3.05, 3.63) is 22.8 Å². The zero-order valence-electron chi connectivity index (χ0n) is 11.3. The third-order valence-electron chi connectivity index (χ3n) is 2.85. The monoisotopic (exact) mass is 312 g/mol. The predicted octanol–water partition coefficient (Wildman–Crippen LogP) is 4.02. The van der Waals surface area contributed by atoms with E-state index >= 15 is 0 Å². The number of amides is 1. The highest BCUT2D eigenvalue weighted by Gasteiger charge is 2.11. The number of nitrogens with zero attached hydrogens (tertiary/aromatic N) is 2. The lowest BCUT2D eigenvalue weighted by atomic mass is 10.1. The summed E-state index contributed by atoms with van der Waals surface area (Å²) in [5.41, 5.74) is 0. The summed E-state index contributed by atoms with van der Waals surface area (Å²) in [7, 11) is 1.78. The molecule has 1 heterocycles. The molecule has 0 saturated heterocycles. The van der Waals surface area contributed by atoms with Gasteiger partial charge in [0.15, 0.2) is 0 Å². The van der Waals surface area contributed by atoms with E-state index in [2.05, 4.69) is 34.8 Å². The number of hydrogen-bond acceptors (Lipinski definition) is 2. The van der Waals surface area contributed by atoms with Crippen molar-refractivity contribution in [1.82, 2.24) is 4.98 Å². The van der Waals surface area contributed by atoms with Crippen molar-refractivity contribution >= 4 is 27.7 Å². The van der Waals surface area contributed by atoms with Gasteiger partial charge in [0.1, 0.15) is 5.82 Å². The molecule has 0 aliphatic carbocycles. The van der Waals surface area contributed by atoms with E-state index in [9.17, 15) is 4.79 Å². The third kappa shape index (κ3) is 5.17. The molecule has 0 aliphatic heterocycles. The lowest BCUT2D eigenvalue weighted by Gasteiger charge is -2.16. The van der Waals surface area contributed by atoms with E-state index in [0.29, 0.717) is 18.2 Å². The lowest BCUT2D eigenvalue weighted by Crippen LogP contribution is -2.26. The molecule has 0 bridgehead atoms. The smallest absolute Gasteiger partial charge is 0.227 e. The maximum atomic E-state index is 12.0. The second-order valence-electron chi connectivity index (χ2n) is 4.92. The van der Waals surface area contributed by atoms with Crippen molar-refractivity contribution in [3.63, 3.8) is 0 Å². The van der Waals surface area contributed by atoms with Gasteiger partial charge < -0.3 is 0 Å². The molecular formula is C14H21BrN2O. The predicted molar refractivity (Wildman–Crippen MR) is 78.7 cm³/mol. The molecule has 0 N–H and O–H groups in total. The first-order valence-electron chi connectivity index (χ1n) is 6.39.